The Morgan fingerprint density at radius 3 is 2.10 bits per heavy atom. The van der Waals surface area contributed by atoms with Crippen molar-refractivity contribution >= 4 is 35.7 Å². The van der Waals surface area contributed by atoms with Crippen LogP contribution in [0.5, 0.6) is 0 Å². The van der Waals surface area contributed by atoms with E-state index in [0.717, 1.165) is 36.3 Å². The lowest BCUT2D eigenvalue weighted by atomic mass is 10.1. The van der Waals surface area contributed by atoms with E-state index in [2.05, 4.69) is 48.0 Å². The smallest absolute Gasteiger partial charge is 0.304 e. The van der Waals surface area contributed by atoms with Crippen LogP contribution in [0, 0.1) is 15.9 Å². The van der Waals surface area contributed by atoms with Gasteiger partial charge in [0.25, 0.3) is 0 Å². The lowest BCUT2D eigenvalue weighted by molar-refractivity contribution is -0.387. The lowest BCUT2D eigenvalue weighted by Gasteiger charge is -2.20. The number of nitrogens with zero attached hydrogens (tertiary/aromatic N) is 3. The number of benzene rings is 2. The molecule has 5 nitrogen and oxygen atoms in total. The van der Waals surface area contributed by atoms with E-state index in [9.17, 15) is 14.5 Å². The van der Waals surface area contributed by atoms with Crippen LogP contribution in [0.15, 0.2) is 60.8 Å². The predicted molar refractivity (Wildman–Crippen MR) is 125 cm³/mol. The second kappa shape index (κ2) is 10.3. The zero-order valence-corrected chi connectivity index (χ0v) is 17.5. The van der Waals surface area contributed by atoms with E-state index < -0.39 is 16.4 Å². The fourth-order valence-corrected chi connectivity index (χ4v) is 3.15. The highest BCUT2D eigenvalue weighted by Crippen LogP contribution is 2.20. The Labute approximate surface area is 181 Å². The van der Waals surface area contributed by atoms with E-state index in [-0.39, 0.29) is 0 Å². The molecule has 0 saturated heterocycles. The standard InChI is InChI=1S/C25H24FN3O2/c1-3-28(4-2)23-14-9-19(10-15-23)5-6-21-8-13-22(27-18-21)12-7-20-11-16-25(29(30)31)24(26)17-20/h5-18H,3-4H2,1-2H3/b6-5+,12-7+. The molecule has 0 spiro atoms. The zero-order valence-electron chi connectivity index (χ0n) is 17.5. The van der Waals surface area contributed by atoms with Gasteiger partial charge in [-0.3, -0.25) is 15.1 Å². The highest BCUT2D eigenvalue weighted by Gasteiger charge is 2.12. The molecule has 6 heteroatoms. The highest BCUT2D eigenvalue weighted by atomic mass is 19.1. The molecular weight excluding hydrogens is 393 g/mol. The van der Waals surface area contributed by atoms with Crippen molar-refractivity contribution in [3.05, 3.63) is 99.1 Å². The quantitative estimate of drug-likeness (QED) is 0.318. The lowest BCUT2D eigenvalue weighted by Crippen LogP contribution is -2.21. The van der Waals surface area contributed by atoms with Crippen LogP contribution < -0.4 is 4.90 Å². The number of halogens is 1. The SMILES string of the molecule is CCN(CC)c1ccc(/C=C/c2ccc(/C=C/c3ccc([N+](=O)[O-])c(F)c3)nc2)cc1. The van der Waals surface area contributed by atoms with Gasteiger partial charge >= 0.3 is 5.69 Å². The molecule has 2 aromatic carbocycles. The van der Waals surface area contributed by atoms with E-state index in [4.69, 9.17) is 0 Å². The van der Waals surface area contributed by atoms with Gasteiger partial charge in [-0.05, 0) is 66.9 Å². The van der Waals surface area contributed by atoms with Gasteiger partial charge in [-0.1, -0.05) is 36.4 Å². The Bertz CT molecular complexity index is 1090. The Hall–Kier alpha value is -3.80. The summed E-state index contributed by atoms with van der Waals surface area (Å²) >= 11 is 0. The molecule has 0 radical (unpaired) electrons. The average Bonchev–Trinajstić information content (AvgIpc) is 2.78. The summed E-state index contributed by atoms with van der Waals surface area (Å²) in [5.41, 5.74) is 4.00. The van der Waals surface area contributed by atoms with Gasteiger partial charge in [0, 0.05) is 31.0 Å². The summed E-state index contributed by atoms with van der Waals surface area (Å²) in [6, 6.07) is 16.0. The summed E-state index contributed by atoms with van der Waals surface area (Å²) in [6.07, 6.45) is 9.20. The van der Waals surface area contributed by atoms with Crippen molar-refractivity contribution in [1.82, 2.24) is 4.98 Å². The number of nitro groups is 1. The predicted octanol–water partition coefficient (Wildman–Crippen LogP) is 6.32. The Morgan fingerprint density at radius 1 is 0.903 bits per heavy atom. The van der Waals surface area contributed by atoms with Gasteiger partial charge in [0.2, 0.25) is 5.82 Å². The molecule has 0 amide bonds. The molecule has 0 N–H and O–H groups in total. The van der Waals surface area contributed by atoms with E-state index >= 15 is 0 Å². The summed E-state index contributed by atoms with van der Waals surface area (Å²) in [6.45, 7) is 6.26. The molecule has 1 aromatic heterocycles. The van der Waals surface area contributed by atoms with E-state index in [1.165, 1.54) is 11.8 Å². The second-order valence-electron chi connectivity index (χ2n) is 6.91. The van der Waals surface area contributed by atoms with Gasteiger partial charge in [-0.25, -0.2) is 0 Å². The van der Waals surface area contributed by atoms with Crippen LogP contribution in [0.1, 0.15) is 36.2 Å². The van der Waals surface area contributed by atoms with Crippen LogP contribution in [-0.2, 0) is 0 Å². The molecule has 0 saturated carbocycles. The minimum atomic E-state index is -0.856. The highest BCUT2D eigenvalue weighted by molar-refractivity contribution is 5.72. The van der Waals surface area contributed by atoms with E-state index in [1.807, 2.05) is 24.3 Å². The summed E-state index contributed by atoms with van der Waals surface area (Å²) in [4.78, 5) is 16.6. The Morgan fingerprint density at radius 2 is 1.52 bits per heavy atom. The zero-order chi connectivity index (χ0) is 22.2. The third-order valence-electron chi connectivity index (χ3n) is 4.91. The first-order valence-electron chi connectivity index (χ1n) is 10.1. The number of nitro benzene ring substituents is 1. The van der Waals surface area contributed by atoms with Crippen LogP contribution in [0.3, 0.4) is 0 Å². The van der Waals surface area contributed by atoms with Gasteiger partial charge in [0.1, 0.15) is 0 Å². The van der Waals surface area contributed by atoms with Crippen molar-refractivity contribution in [2.45, 2.75) is 13.8 Å². The number of anilines is 1. The van der Waals surface area contributed by atoms with Crippen molar-refractivity contribution in [3.63, 3.8) is 0 Å². The van der Waals surface area contributed by atoms with Crippen molar-refractivity contribution in [1.29, 1.82) is 0 Å². The van der Waals surface area contributed by atoms with Crippen molar-refractivity contribution < 1.29 is 9.31 Å². The average molecular weight is 417 g/mol. The number of hydrogen-bond acceptors (Lipinski definition) is 4. The summed E-state index contributed by atoms with van der Waals surface area (Å²) in [7, 11) is 0. The first kappa shape index (κ1) is 21.9. The van der Waals surface area contributed by atoms with Crippen LogP contribution in [0.25, 0.3) is 24.3 Å². The molecule has 0 bridgehead atoms. The first-order valence-corrected chi connectivity index (χ1v) is 10.1. The fraction of sp³-hybridized carbons (Fsp3) is 0.160. The number of rotatable bonds is 8. The van der Waals surface area contributed by atoms with Gasteiger partial charge in [0.15, 0.2) is 0 Å². The molecule has 3 aromatic rings. The van der Waals surface area contributed by atoms with Crippen LogP contribution in [0.4, 0.5) is 15.8 Å². The molecule has 0 aliphatic heterocycles. The molecule has 1 heterocycles. The Kier molecular flexibility index (Phi) is 7.27. The van der Waals surface area contributed by atoms with Crippen molar-refractivity contribution in [2.75, 3.05) is 18.0 Å². The van der Waals surface area contributed by atoms with E-state index in [0.29, 0.717) is 11.3 Å². The topological polar surface area (TPSA) is 59.3 Å². The minimum Gasteiger partial charge on any atom is -0.372 e. The Balaban J connectivity index is 1.64. The molecular formula is C25H24FN3O2. The molecule has 0 fully saturated rings. The number of hydrogen-bond donors (Lipinski definition) is 0. The molecule has 3 rings (SSSR count). The second-order valence-corrected chi connectivity index (χ2v) is 6.91. The fourth-order valence-electron chi connectivity index (χ4n) is 3.15. The molecule has 158 valence electrons. The minimum absolute atomic E-state index is 0.530. The third-order valence-corrected chi connectivity index (χ3v) is 4.91. The van der Waals surface area contributed by atoms with E-state index in [1.54, 1.807) is 18.3 Å². The van der Waals surface area contributed by atoms with Crippen molar-refractivity contribution in [3.8, 4) is 0 Å². The maximum Gasteiger partial charge on any atom is 0.304 e. The van der Waals surface area contributed by atoms with Gasteiger partial charge in [0.05, 0.1) is 10.6 Å². The molecule has 0 aliphatic rings. The summed E-state index contributed by atoms with van der Waals surface area (Å²) < 4.78 is 13.7. The van der Waals surface area contributed by atoms with Gasteiger partial charge in [-0.2, -0.15) is 4.39 Å². The third kappa shape index (κ3) is 5.85. The molecule has 0 unspecified atom stereocenters. The van der Waals surface area contributed by atoms with Crippen molar-refractivity contribution in [2.24, 2.45) is 0 Å². The summed E-state index contributed by atoms with van der Waals surface area (Å²) in [5, 5.41) is 10.7. The van der Waals surface area contributed by atoms with Crippen LogP contribution >= 0.6 is 0 Å². The summed E-state index contributed by atoms with van der Waals surface area (Å²) in [5.74, 6) is -0.856. The maximum atomic E-state index is 13.7. The van der Waals surface area contributed by atoms with Crippen LogP contribution in [0.2, 0.25) is 0 Å². The number of pyridine rings is 1. The monoisotopic (exact) mass is 417 g/mol. The van der Waals surface area contributed by atoms with Crippen LogP contribution in [-0.4, -0.2) is 23.0 Å². The molecule has 0 atom stereocenters. The molecule has 31 heavy (non-hydrogen) atoms. The number of aromatic nitrogens is 1. The van der Waals surface area contributed by atoms with Gasteiger partial charge in [-0.15, -0.1) is 0 Å². The van der Waals surface area contributed by atoms with Gasteiger partial charge < -0.3 is 4.90 Å². The normalized spacial score (nSPS) is 11.3. The molecule has 0 aliphatic carbocycles. The maximum absolute atomic E-state index is 13.7. The largest absolute Gasteiger partial charge is 0.372 e. The first-order chi connectivity index (χ1) is 15.0.